The van der Waals surface area contributed by atoms with Gasteiger partial charge in [0.25, 0.3) is 0 Å². The van der Waals surface area contributed by atoms with Crippen molar-refractivity contribution >= 4 is 0 Å². The highest BCUT2D eigenvalue weighted by molar-refractivity contribution is 5.37. The minimum atomic E-state index is 0.379. The van der Waals surface area contributed by atoms with Crippen molar-refractivity contribution in [2.24, 2.45) is 0 Å². The Morgan fingerprint density at radius 2 is 1.92 bits per heavy atom. The Bertz CT molecular complexity index is 320. The first-order valence-electron chi connectivity index (χ1n) is 4.71. The predicted molar refractivity (Wildman–Crippen MR) is 52.5 cm³/mol. The van der Waals surface area contributed by atoms with Gasteiger partial charge in [-0.1, -0.05) is 6.07 Å². The predicted octanol–water partition coefficient (Wildman–Crippen LogP) is 2.12. The van der Waals surface area contributed by atoms with E-state index in [0.717, 1.165) is 13.1 Å². The summed E-state index contributed by atoms with van der Waals surface area (Å²) in [5.41, 5.74) is 2.63. The summed E-state index contributed by atoms with van der Waals surface area (Å²) in [4.78, 5) is 2.39. The fraction of sp³-hybridized carbons (Fsp3) is 0.455. The molecule has 1 N–H and O–H groups in total. The average Bonchev–Trinajstić information content (AvgIpc) is 2.46. The van der Waals surface area contributed by atoms with Gasteiger partial charge in [-0.2, -0.15) is 0 Å². The highest BCUT2D eigenvalue weighted by atomic mass is 16.3. The number of hydrogen-bond acceptors (Lipinski definition) is 2. The molecule has 0 fully saturated rings. The second-order valence-electron chi connectivity index (χ2n) is 3.95. The van der Waals surface area contributed by atoms with Crippen LogP contribution in [0.3, 0.4) is 0 Å². The number of hydrogen-bond donors (Lipinski definition) is 1. The molecule has 0 bridgehead atoms. The van der Waals surface area contributed by atoms with E-state index in [1.165, 1.54) is 11.1 Å². The van der Waals surface area contributed by atoms with Crippen molar-refractivity contribution in [3.63, 3.8) is 0 Å². The van der Waals surface area contributed by atoms with E-state index in [-0.39, 0.29) is 0 Å². The van der Waals surface area contributed by atoms with E-state index in [0.29, 0.717) is 11.8 Å². The van der Waals surface area contributed by atoms with E-state index < -0.39 is 0 Å². The first-order valence-corrected chi connectivity index (χ1v) is 4.71. The van der Waals surface area contributed by atoms with Gasteiger partial charge in [0.2, 0.25) is 0 Å². The molecule has 1 heterocycles. The smallest absolute Gasteiger partial charge is 0.115 e. The van der Waals surface area contributed by atoms with Crippen molar-refractivity contribution in [2.45, 2.75) is 33.0 Å². The van der Waals surface area contributed by atoms with E-state index in [4.69, 9.17) is 0 Å². The zero-order valence-corrected chi connectivity index (χ0v) is 8.12. The van der Waals surface area contributed by atoms with E-state index in [9.17, 15) is 5.11 Å². The average molecular weight is 177 g/mol. The lowest BCUT2D eigenvalue weighted by Gasteiger charge is -2.18. The second kappa shape index (κ2) is 3.04. The van der Waals surface area contributed by atoms with Gasteiger partial charge in [-0.25, -0.2) is 0 Å². The van der Waals surface area contributed by atoms with Gasteiger partial charge in [-0.3, -0.25) is 4.90 Å². The maximum absolute atomic E-state index is 9.30. The van der Waals surface area contributed by atoms with E-state index in [1.54, 1.807) is 6.07 Å². The van der Waals surface area contributed by atoms with E-state index in [2.05, 4.69) is 18.7 Å². The molecule has 0 saturated carbocycles. The van der Waals surface area contributed by atoms with Crippen LogP contribution >= 0.6 is 0 Å². The molecule has 1 aromatic carbocycles. The highest BCUT2D eigenvalue weighted by Gasteiger charge is 2.20. The third-order valence-electron chi connectivity index (χ3n) is 2.67. The maximum atomic E-state index is 9.30. The Kier molecular flexibility index (Phi) is 2.00. The van der Waals surface area contributed by atoms with Crippen molar-refractivity contribution in [2.75, 3.05) is 0 Å². The van der Waals surface area contributed by atoms with Gasteiger partial charge in [0.15, 0.2) is 0 Å². The molecule has 13 heavy (non-hydrogen) atoms. The number of phenols is 1. The molecule has 0 spiro atoms. The summed E-state index contributed by atoms with van der Waals surface area (Å²) < 4.78 is 0. The summed E-state index contributed by atoms with van der Waals surface area (Å²) in [6.07, 6.45) is 0. The Hall–Kier alpha value is -1.02. The minimum Gasteiger partial charge on any atom is -0.508 e. The number of fused-ring (bicyclic) bond motifs is 1. The fourth-order valence-corrected chi connectivity index (χ4v) is 1.77. The summed E-state index contributed by atoms with van der Waals surface area (Å²) in [6, 6.07) is 6.24. The zero-order chi connectivity index (χ0) is 9.42. The molecule has 0 radical (unpaired) electrons. The lowest BCUT2D eigenvalue weighted by molar-refractivity contribution is 0.227. The van der Waals surface area contributed by atoms with Gasteiger partial charge in [0.05, 0.1) is 0 Å². The Morgan fingerprint density at radius 1 is 1.23 bits per heavy atom. The third kappa shape index (κ3) is 1.54. The van der Waals surface area contributed by atoms with Crippen LogP contribution in [-0.2, 0) is 13.1 Å². The van der Waals surface area contributed by atoms with Gasteiger partial charge in [0.1, 0.15) is 5.75 Å². The van der Waals surface area contributed by atoms with Gasteiger partial charge in [-0.05, 0) is 37.1 Å². The second-order valence-corrected chi connectivity index (χ2v) is 3.95. The number of phenolic OH excluding ortho intramolecular Hbond substituents is 1. The molecular formula is C11H15NO. The summed E-state index contributed by atoms with van der Waals surface area (Å²) in [7, 11) is 0. The van der Waals surface area contributed by atoms with Gasteiger partial charge in [-0.15, -0.1) is 0 Å². The standard InChI is InChI=1S/C11H15NO/c1-8(2)12-6-9-3-4-11(13)5-10(9)7-12/h3-5,8,13H,6-7H2,1-2H3. The molecule has 2 nitrogen and oxygen atoms in total. The molecule has 0 amide bonds. The first-order chi connectivity index (χ1) is 6.16. The van der Waals surface area contributed by atoms with Gasteiger partial charge in [0, 0.05) is 19.1 Å². The van der Waals surface area contributed by atoms with Crippen molar-refractivity contribution in [1.29, 1.82) is 0 Å². The van der Waals surface area contributed by atoms with Crippen LogP contribution < -0.4 is 0 Å². The quantitative estimate of drug-likeness (QED) is 0.710. The van der Waals surface area contributed by atoms with E-state index >= 15 is 0 Å². The van der Waals surface area contributed by atoms with Gasteiger partial charge >= 0.3 is 0 Å². The largest absolute Gasteiger partial charge is 0.508 e. The minimum absolute atomic E-state index is 0.379. The molecule has 0 unspecified atom stereocenters. The Labute approximate surface area is 78.8 Å². The van der Waals surface area contributed by atoms with Crippen LogP contribution in [0.4, 0.5) is 0 Å². The first kappa shape index (κ1) is 8.57. The van der Waals surface area contributed by atoms with Crippen LogP contribution in [0.1, 0.15) is 25.0 Å². The number of benzene rings is 1. The Morgan fingerprint density at radius 3 is 2.62 bits per heavy atom. The molecule has 1 aromatic rings. The molecule has 1 aliphatic heterocycles. The van der Waals surface area contributed by atoms with Crippen LogP contribution in [0.5, 0.6) is 5.75 Å². The molecule has 0 aliphatic carbocycles. The number of rotatable bonds is 1. The van der Waals surface area contributed by atoms with E-state index in [1.807, 2.05) is 12.1 Å². The maximum Gasteiger partial charge on any atom is 0.115 e. The molecular weight excluding hydrogens is 162 g/mol. The van der Waals surface area contributed by atoms with Crippen LogP contribution in [0.15, 0.2) is 18.2 Å². The van der Waals surface area contributed by atoms with Crippen LogP contribution in [0.25, 0.3) is 0 Å². The molecule has 2 heteroatoms. The summed E-state index contributed by atoms with van der Waals surface area (Å²) in [5, 5.41) is 9.30. The molecule has 2 rings (SSSR count). The zero-order valence-electron chi connectivity index (χ0n) is 8.12. The number of nitrogens with zero attached hydrogens (tertiary/aromatic N) is 1. The van der Waals surface area contributed by atoms with Crippen LogP contribution in [0.2, 0.25) is 0 Å². The summed E-state index contributed by atoms with van der Waals surface area (Å²) in [6.45, 7) is 6.39. The normalized spacial score (nSPS) is 16.5. The van der Waals surface area contributed by atoms with Gasteiger partial charge < -0.3 is 5.11 Å². The summed E-state index contributed by atoms with van der Waals surface area (Å²) >= 11 is 0. The monoisotopic (exact) mass is 177 g/mol. The molecule has 1 aliphatic rings. The summed E-state index contributed by atoms with van der Waals surface area (Å²) in [5.74, 6) is 0.379. The van der Waals surface area contributed by atoms with Crippen molar-refractivity contribution in [1.82, 2.24) is 4.90 Å². The lowest BCUT2D eigenvalue weighted by Crippen LogP contribution is -2.24. The van der Waals surface area contributed by atoms with Crippen molar-refractivity contribution in [3.05, 3.63) is 29.3 Å². The highest BCUT2D eigenvalue weighted by Crippen LogP contribution is 2.27. The molecule has 0 aromatic heterocycles. The molecule has 0 atom stereocenters. The fourth-order valence-electron chi connectivity index (χ4n) is 1.77. The lowest BCUT2D eigenvalue weighted by atomic mass is 10.1. The number of aromatic hydroxyl groups is 1. The topological polar surface area (TPSA) is 23.5 Å². The van der Waals surface area contributed by atoms with Crippen LogP contribution in [0, 0.1) is 0 Å². The SMILES string of the molecule is CC(C)N1Cc2ccc(O)cc2C1. The van der Waals surface area contributed by atoms with Crippen molar-refractivity contribution < 1.29 is 5.11 Å². The van der Waals surface area contributed by atoms with Crippen molar-refractivity contribution in [3.8, 4) is 5.75 Å². The third-order valence-corrected chi connectivity index (χ3v) is 2.67. The Balaban J connectivity index is 2.25. The molecule has 0 saturated heterocycles. The van der Waals surface area contributed by atoms with Crippen LogP contribution in [-0.4, -0.2) is 16.0 Å². The molecule has 70 valence electrons.